The first kappa shape index (κ1) is 26.9. The van der Waals surface area contributed by atoms with E-state index in [2.05, 4.69) is 22.1 Å². The van der Waals surface area contributed by atoms with Gasteiger partial charge in [0, 0.05) is 20.9 Å². The van der Waals surface area contributed by atoms with Gasteiger partial charge in [0.1, 0.15) is 12.1 Å². The summed E-state index contributed by atoms with van der Waals surface area (Å²) in [5.74, 6) is -0.299. The Hall–Kier alpha value is -2.74. The number of carbonyl (C=O) groups is 2. The van der Waals surface area contributed by atoms with Crippen molar-refractivity contribution < 1.29 is 24.6 Å². The Balaban J connectivity index is 0.00000456. The summed E-state index contributed by atoms with van der Waals surface area (Å²) < 4.78 is 24.5. The van der Waals surface area contributed by atoms with Gasteiger partial charge < -0.3 is 14.5 Å². The second-order valence-electron chi connectivity index (χ2n) is 9.21. The van der Waals surface area contributed by atoms with Crippen LogP contribution in [-0.4, -0.2) is 42.0 Å². The molecule has 1 amide bonds. The minimum absolute atomic E-state index is 0. The van der Waals surface area contributed by atoms with Gasteiger partial charge in [-0.1, -0.05) is 45.1 Å². The van der Waals surface area contributed by atoms with Crippen LogP contribution in [0.2, 0.25) is 0 Å². The molecule has 1 saturated heterocycles. The van der Waals surface area contributed by atoms with Gasteiger partial charge in [0.2, 0.25) is 5.89 Å². The average Bonchev–Trinajstić information content (AvgIpc) is 3.52. The second-order valence-corrected chi connectivity index (χ2v) is 9.21. The summed E-state index contributed by atoms with van der Waals surface area (Å²) in [7, 11) is 1.36. The van der Waals surface area contributed by atoms with Crippen molar-refractivity contribution in [1.29, 1.82) is 0 Å². The number of nitrogens with one attached hydrogen (secondary N) is 1. The van der Waals surface area contributed by atoms with Crippen molar-refractivity contribution in [2.45, 2.75) is 83.7 Å². The highest BCUT2D eigenvalue weighted by Gasteiger charge is 2.31. The molecule has 1 N–H and O–H groups in total. The molecule has 1 aromatic carbocycles. The zero-order valence-corrected chi connectivity index (χ0v) is 21.0. The van der Waals surface area contributed by atoms with Gasteiger partial charge in [0.25, 0.3) is 5.91 Å². The predicted molar refractivity (Wildman–Crippen MR) is 133 cm³/mol. The standard InChI is InChI=1S/C27H38FN3O4.H2/c1-3-4-5-6-7-8-15-29-26(33)23-19-35-27(30-23)24-10-9-16-31(24)18-21-17-22(28)13-11-20(21)12-14-25(32)34-2;/h11,13,17,19,24H,3-10,12,14-16,18H2,1-2H3,(H,29,33);1H. The Morgan fingerprint density at radius 2 is 2.03 bits per heavy atom. The summed E-state index contributed by atoms with van der Waals surface area (Å²) in [6.07, 6.45) is 11.0. The summed E-state index contributed by atoms with van der Waals surface area (Å²) in [6.45, 7) is 4.17. The van der Waals surface area contributed by atoms with Gasteiger partial charge >= 0.3 is 5.97 Å². The van der Waals surface area contributed by atoms with Crippen LogP contribution in [0.15, 0.2) is 28.9 Å². The number of halogens is 1. The molecule has 0 saturated carbocycles. The molecular formula is C27H40FN3O4. The highest BCUT2D eigenvalue weighted by molar-refractivity contribution is 5.91. The van der Waals surface area contributed by atoms with Gasteiger partial charge in [0.05, 0.1) is 13.2 Å². The molecule has 2 heterocycles. The molecule has 194 valence electrons. The molecule has 1 fully saturated rings. The number of hydrogen-bond donors (Lipinski definition) is 1. The number of likely N-dealkylation sites (tertiary alicyclic amines) is 1. The minimum Gasteiger partial charge on any atom is -0.469 e. The normalized spacial score (nSPS) is 15.9. The van der Waals surface area contributed by atoms with Crippen molar-refractivity contribution in [3.63, 3.8) is 0 Å². The number of unbranched alkanes of at least 4 members (excludes halogenated alkanes) is 5. The minimum atomic E-state index is -0.307. The molecule has 1 unspecified atom stereocenters. The van der Waals surface area contributed by atoms with Crippen LogP contribution in [0.25, 0.3) is 0 Å². The Morgan fingerprint density at radius 3 is 2.83 bits per heavy atom. The van der Waals surface area contributed by atoms with Crippen molar-refractivity contribution >= 4 is 11.9 Å². The fourth-order valence-electron chi connectivity index (χ4n) is 4.58. The maximum absolute atomic E-state index is 14.0. The first-order valence-corrected chi connectivity index (χ1v) is 12.8. The van der Waals surface area contributed by atoms with Gasteiger partial charge in [-0.2, -0.15) is 0 Å². The number of carbonyl (C=O) groups excluding carboxylic acids is 2. The summed E-state index contributed by atoms with van der Waals surface area (Å²) in [5.41, 5.74) is 2.05. The third kappa shape index (κ3) is 8.16. The quantitative estimate of drug-likeness (QED) is 0.275. The number of ether oxygens (including phenoxy) is 1. The second kappa shape index (κ2) is 14.0. The van der Waals surface area contributed by atoms with E-state index in [1.807, 2.05) is 0 Å². The number of rotatable bonds is 14. The first-order valence-electron chi connectivity index (χ1n) is 12.8. The lowest BCUT2D eigenvalue weighted by Crippen LogP contribution is -2.26. The van der Waals surface area contributed by atoms with Gasteiger partial charge in [0.15, 0.2) is 5.69 Å². The van der Waals surface area contributed by atoms with Crippen LogP contribution < -0.4 is 5.32 Å². The van der Waals surface area contributed by atoms with Gasteiger partial charge in [-0.25, -0.2) is 9.37 Å². The SMILES string of the molecule is CCCCCCCCNC(=O)c1coc(C2CCCN2Cc2cc(F)ccc2CCC(=O)OC)n1.[HH]. The Kier molecular flexibility index (Phi) is 10.7. The number of nitrogens with zero attached hydrogens (tertiary/aromatic N) is 2. The molecule has 0 radical (unpaired) electrons. The summed E-state index contributed by atoms with van der Waals surface area (Å²) in [6, 6.07) is 4.60. The monoisotopic (exact) mass is 489 g/mol. The van der Waals surface area contributed by atoms with Crippen molar-refractivity contribution in [3.8, 4) is 0 Å². The number of esters is 1. The highest BCUT2D eigenvalue weighted by Crippen LogP contribution is 2.33. The number of methoxy groups -OCH3 is 1. The van der Waals surface area contributed by atoms with Gasteiger partial charge in [-0.05, 0) is 55.5 Å². The molecule has 3 rings (SSSR count). The summed E-state index contributed by atoms with van der Waals surface area (Å²) in [5, 5.41) is 2.93. The van der Waals surface area contributed by atoms with Crippen molar-refractivity contribution in [2.75, 3.05) is 20.2 Å². The van der Waals surface area contributed by atoms with E-state index in [-0.39, 0.29) is 31.6 Å². The molecule has 0 bridgehead atoms. The fraction of sp³-hybridized carbons (Fsp3) is 0.593. The van der Waals surface area contributed by atoms with Gasteiger partial charge in [-0.15, -0.1) is 0 Å². The van der Waals surface area contributed by atoms with E-state index in [9.17, 15) is 14.0 Å². The Bertz CT molecular complexity index is 968. The van der Waals surface area contributed by atoms with Crippen molar-refractivity contribution in [2.24, 2.45) is 0 Å². The van der Waals surface area contributed by atoms with Crippen LogP contribution in [0.3, 0.4) is 0 Å². The predicted octanol–water partition coefficient (Wildman–Crippen LogP) is 5.59. The molecule has 7 nitrogen and oxygen atoms in total. The number of benzene rings is 1. The third-order valence-corrected chi connectivity index (χ3v) is 6.59. The molecule has 1 atom stereocenters. The highest BCUT2D eigenvalue weighted by atomic mass is 19.1. The molecule has 1 aliphatic heterocycles. The lowest BCUT2D eigenvalue weighted by atomic mass is 10.0. The molecule has 2 aromatic rings. The van der Waals surface area contributed by atoms with E-state index in [1.54, 1.807) is 6.07 Å². The Morgan fingerprint density at radius 1 is 1.23 bits per heavy atom. The van der Waals surface area contributed by atoms with E-state index in [1.165, 1.54) is 51.2 Å². The fourth-order valence-corrected chi connectivity index (χ4v) is 4.58. The number of hydrogen-bond acceptors (Lipinski definition) is 6. The number of oxazole rings is 1. The van der Waals surface area contributed by atoms with E-state index in [4.69, 9.17) is 9.15 Å². The zero-order valence-electron chi connectivity index (χ0n) is 21.0. The van der Waals surface area contributed by atoms with Crippen molar-refractivity contribution in [1.82, 2.24) is 15.2 Å². The molecule has 0 aliphatic carbocycles. The Labute approximate surface area is 208 Å². The van der Waals surface area contributed by atoms with Crippen LogP contribution in [0, 0.1) is 5.82 Å². The van der Waals surface area contributed by atoms with E-state index < -0.39 is 0 Å². The van der Waals surface area contributed by atoms with Crippen LogP contribution in [0.4, 0.5) is 4.39 Å². The van der Waals surface area contributed by atoms with Crippen LogP contribution in [-0.2, 0) is 22.5 Å². The zero-order chi connectivity index (χ0) is 25.0. The molecule has 1 aliphatic rings. The largest absolute Gasteiger partial charge is 0.469 e. The summed E-state index contributed by atoms with van der Waals surface area (Å²) in [4.78, 5) is 30.7. The molecular weight excluding hydrogens is 449 g/mol. The molecule has 0 spiro atoms. The summed E-state index contributed by atoms with van der Waals surface area (Å²) >= 11 is 0. The topological polar surface area (TPSA) is 84.7 Å². The lowest BCUT2D eigenvalue weighted by Gasteiger charge is -2.23. The van der Waals surface area contributed by atoms with E-state index in [0.29, 0.717) is 31.1 Å². The number of aromatic nitrogens is 1. The smallest absolute Gasteiger partial charge is 0.305 e. The third-order valence-electron chi connectivity index (χ3n) is 6.59. The maximum Gasteiger partial charge on any atom is 0.305 e. The first-order chi connectivity index (χ1) is 17.0. The molecule has 8 heteroatoms. The van der Waals surface area contributed by atoms with E-state index in [0.717, 1.165) is 43.4 Å². The van der Waals surface area contributed by atoms with Crippen LogP contribution in [0.5, 0.6) is 0 Å². The number of aryl methyl sites for hydroxylation is 1. The van der Waals surface area contributed by atoms with Crippen LogP contribution >= 0.6 is 0 Å². The van der Waals surface area contributed by atoms with E-state index >= 15 is 0 Å². The lowest BCUT2D eigenvalue weighted by molar-refractivity contribution is -0.140. The molecule has 1 aromatic heterocycles. The maximum atomic E-state index is 14.0. The number of amides is 1. The molecule has 35 heavy (non-hydrogen) atoms. The van der Waals surface area contributed by atoms with Crippen LogP contribution in [0.1, 0.15) is 99.7 Å². The van der Waals surface area contributed by atoms with Gasteiger partial charge in [-0.3, -0.25) is 14.5 Å². The average molecular weight is 490 g/mol. The van der Waals surface area contributed by atoms with Crippen molar-refractivity contribution in [3.05, 3.63) is 53.0 Å².